The Morgan fingerprint density at radius 1 is 1.12 bits per heavy atom. The van der Waals surface area contributed by atoms with Crippen molar-refractivity contribution in [3.8, 4) is 5.75 Å². The molecule has 1 saturated carbocycles. The highest BCUT2D eigenvalue weighted by atomic mass is 16.5. The van der Waals surface area contributed by atoms with Gasteiger partial charge in [-0.2, -0.15) is 0 Å². The Bertz CT molecular complexity index is 310. The summed E-state index contributed by atoms with van der Waals surface area (Å²) in [5.41, 5.74) is 0.941. The first-order chi connectivity index (χ1) is 7.75. The summed E-state index contributed by atoms with van der Waals surface area (Å²) in [5.74, 6) is 0.927. The highest BCUT2D eigenvalue weighted by Gasteiger charge is 2.14. The van der Waals surface area contributed by atoms with Gasteiger partial charge in [-0.3, -0.25) is 0 Å². The van der Waals surface area contributed by atoms with Gasteiger partial charge < -0.3 is 9.84 Å². The quantitative estimate of drug-likeness (QED) is 0.845. The molecule has 1 aliphatic rings. The molecule has 0 unspecified atom stereocenters. The average molecular weight is 220 g/mol. The Labute approximate surface area is 97.3 Å². The molecule has 2 heteroatoms. The Kier molecular flexibility index (Phi) is 3.83. The number of aliphatic hydroxyl groups is 1. The van der Waals surface area contributed by atoms with E-state index in [1.807, 2.05) is 24.3 Å². The van der Waals surface area contributed by atoms with E-state index in [1.165, 1.54) is 32.1 Å². The minimum atomic E-state index is -0.399. The smallest absolute Gasteiger partial charge is 0.119 e. The molecule has 1 fully saturated rings. The highest BCUT2D eigenvalue weighted by molar-refractivity contribution is 5.28. The molecule has 0 radical (unpaired) electrons. The van der Waals surface area contributed by atoms with E-state index in [0.29, 0.717) is 6.10 Å². The van der Waals surface area contributed by atoms with E-state index in [0.717, 1.165) is 11.3 Å². The van der Waals surface area contributed by atoms with Crippen molar-refractivity contribution < 1.29 is 9.84 Å². The second kappa shape index (κ2) is 5.35. The van der Waals surface area contributed by atoms with Gasteiger partial charge in [0.25, 0.3) is 0 Å². The second-order valence-electron chi connectivity index (χ2n) is 4.62. The Morgan fingerprint density at radius 2 is 1.75 bits per heavy atom. The molecule has 1 aromatic rings. The SMILES string of the molecule is C[C@H](O)c1ccc(OC2CCCCC2)cc1. The largest absolute Gasteiger partial charge is 0.490 e. The standard InChI is InChI=1S/C14H20O2/c1-11(15)12-7-9-14(10-8-12)16-13-5-3-2-4-6-13/h7-11,13,15H,2-6H2,1H3/t11-/m0/s1. The van der Waals surface area contributed by atoms with Crippen LogP contribution in [0.1, 0.15) is 50.7 Å². The van der Waals surface area contributed by atoms with Crippen LogP contribution in [0.5, 0.6) is 5.75 Å². The molecule has 2 nitrogen and oxygen atoms in total. The summed E-state index contributed by atoms with van der Waals surface area (Å²) in [4.78, 5) is 0. The third-order valence-electron chi connectivity index (χ3n) is 3.22. The molecule has 0 aromatic heterocycles. The molecule has 16 heavy (non-hydrogen) atoms. The van der Waals surface area contributed by atoms with Gasteiger partial charge in [0, 0.05) is 0 Å². The van der Waals surface area contributed by atoms with E-state index < -0.39 is 6.10 Å². The number of rotatable bonds is 3. The van der Waals surface area contributed by atoms with Gasteiger partial charge >= 0.3 is 0 Å². The normalized spacial score (nSPS) is 19.4. The summed E-state index contributed by atoms with van der Waals surface area (Å²) in [6.45, 7) is 1.77. The van der Waals surface area contributed by atoms with Crippen molar-refractivity contribution in [1.29, 1.82) is 0 Å². The average Bonchev–Trinajstić information content (AvgIpc) is 2.31. The molecule has 88 valence electrons. The van der Waals surface area contributed by atoms with E-state index in [9.17, 15) is 5.11 Å². The van der Waals surface area contributed by atoms with Gasteiger partial charge in [-0.05, 0) is 50.3 Å². The molecule has 1 atom stereocenters. The van der Waals surface area contributed by atoms with Crippen LogP contribution in [0, 0.1) is 0 Å². The maximum absolute atomic E-state index is 9.40. The van der Waals surface area contributed by atoms with Gasteiger partial charge in [0.05, 0.1) is 12.2 Å². The van der Waals surface area contributed by atoms with Crippen LogP contribution >= 0.6 is 0 Å². The maximum Gasteiger partial charge on any atom is 0.119 e. The number of hydrogen-bond donors (Lipinski definition) is 1. The van der Waals surface area contributed by atoms with Gasteiger partial charge in [0.2, 0.25) is 0 Å². The molecule has 0 spiro atoms. The first-order valence-corrected chi connectivity index (χ1v) is 6.20. The third kappa shape index (κ3) is 2.99. The van der Waals surface area contributed by atoms with Crippen LogP contribution in [0.4, 0.5) is 0 Å². The fraction of sp³-hybridized carbons (Fsp3) is 0.571. The lowest BCUT2D eigenvalue weighted by molar-refractivity contribution is 0.154. The fourth-order valence-corrected chi connectivity index (χ4v) is 2.20. The Balaban J connectivity index is 1.93. The lowest BCUT2D eigenvalue weighted by Gasteiger charge is -2.23. The van der Waals surface area contributed by atoms with Gasteiger partial charge in [-0.25, -0.2) is 0 Å². The molecule has 2 rings (SSSR count). The second-order valence-corrected chi connectivity index (χ2v) is 4.62. The Morgan fingerprint density at radius 3 is 2.31 bits per heavy atom. The summed E-state index contributed by atoms with van der Waals surface area (Å²) in [7, 11) is 0. The summed E-state index contributed by atoms with van der Waals surface area (Å²) < 4.78 is 5.91. The van der Waals surface area contributed by atoms with Crippen LogP contribution < -0.4 is 4.74 Å². The molecule has 1 N–H and O–H groups in total. The van der Waals surface area contributed by atoms with Gasteiger partial charge in [0.15, 0.2) is 0 Å². The van der Waals surface area contributed by atoms with Crippen LogP contribution in [0.25, 0.3) is 0 Å². The van der Waals surface area contributed by atoms with Crippen molar-refractivity contribution >= 4 is 0 Å². The van der Waals surface area contributed by atoms with Crippen molar-refractivity contribution in [2.45, 2.75) is 51.2 Å². The molecule has 0 bridgehead atoms. The summed E-state index contributed by atoms with van der Waals surface area (Å²) in [5, 5.41) is 9.40. The van der Waals surface area contributed by atoms with E-state index in [1.54, 1.807) is 6.92 Å². The molecule has 0 aliphatic heterocycles. The fourth-order valence-electron chi connectivity index (χ4n) is 2.20. The van der Waals surface area contributed by atoms with Crippen LogP contribution in [0.3, 0.4) is 0 Å². The van der Waals surface area contributed by atoms with E-state index in [4.69, 9.17) is 4.74 Å². The molecule has 0 heterocycles. The van der Waals surface area contributed by atoms with E-state index in [-0.39, 0.29) is 0 Å². The van der Waals surface area contributed by atoms with Crippen molar-refractivity contribution in [3.05, 3.63) is 29.8 Å². The Hall–Kier alpha value is -1.02. The van der Waals surface area contributed by atoms with Crippen LogP contribution in [0.2, 0.25) is 0 Å². The third-order valence-corrected chi connectivity index (χ3v) is 3.22. The first-order valence-electron chi connectivity index (χ1n) is 6.20. The van der Waals surface area contributed by atoms with Crippen molar-refractivity contribution in [2.75, 3.05) is 0 Å². The zero-order valence-electron chi connectivity index (χ0n) is 9.86. The predicted molar refractivity (Wildman–Crippen MR) is 64.6 cm³/mol. The minimum absolute atomic E-state index is 0.395. The molecular formula is C14H20O2. The topological polar surface area (TPSA) is 29.5 Å². The first kappa shape index (κ1) is 11.5. The zero-order chi connectivity index (χ0) is 11.4. The van der Waals surface area contributed by atoms with Crippen molar-refractivity contribution in [2.24, 2.45) is 0 Å². The monoisotopic (exact) mass is 220 g/mol. The maximum atomic E-state index is 9.40. The van der Waals surface area contributed by atoms with Gasteiger partial charge in [0.1, 0.15) is 5.75 Å². The number of ether oxygens (including phenoxy) is 1. The number of benzene rings is 1. The van der Waals surface area contributed by atoms with Crippen LogP contribution in [-0.4, -0.2) is 11.2 Å². The van der Waals surface area contributed by atoms with E-state index >= 15 is 0 Å². The molecule has 1 aromatic carbocycles. The lowest BCUT2D eigenvalue weighted by atomic mass is 9.98. The minimum Gasteiger partial charge on any atom is -0.490 e. The number of aliphatic hydroxyl groups excluding tert-OH is 1. The van der Waals surface area contributed by atoms with Crippen LogP contribution in [-0.2, 0) is 0 Å². The van der Waals surface area contributed by atoms with E-state index in [2.05, 4.69) is 0 Å². The van der Waals surface area contributed by atoms with Gasteiger partial charge in [-0.1, -0.05) is 18.6 Å². The zero-order valence-corrected chi connectivity index (χ0v) is 9.86. The van der Waals surface area contributed by atoms with Crippen molar-refractivity contribution in [1.82, 2.24) is 0 Å². The molecule has 0 saturated heterocycles. The number of hydrogen-bond acceptors (Lipinski definition) is 2. The molecular weight excluding hydrogens is 200 g/mol. The predicted octanol–water partition coefficient (Wildman–Crippen LogP) is 3.45. The lowest BCUT2D eigenvalue weighted by Crippen LogP contribution is -2.19. The summed E-state index contributed by atoms with van der Waals surface area (Å²) in [6, 6.07) is 7.78. The van der Waals surface area contributed by atoms with Crippen molar-refractivity contribution in [3.63, 3.8) is 0 Å². The summed E-state index contributed by atoms with van der Waals surface area (Å²) in [6.07, 6.45) is 6.28. The van der Waals surface area contributed by atoms with Gasteiger partial charge in [-0.15, -0.1) is 0 Å². The molecule has 0 amide bonds. The summed E-state index contributed by atoms with van der Waals surface area (Å²) >= 11 is 0. The van der Waals surface area contributed by atoms with Crippen LogP contribution in [0.15, 0.2) is 24.3 Å². The molecule has 1 aliphatic carbocycles. The highest BCUT2D eigenvalue weighted by Crippen LogP contribution is 2.24.